The molecule has 0 aliphatic heterocycles. The Morgan fingerprint density at radius 2 is 1.92 bits per heavy atom. The third-order valence-corrected chi connectivity index (χ3v) is 5.02. The summed E-state index contributed by atoms with van der Waals surface area (Å²) in [6, 6.07) is 6.26. The fourth-order valence-corrected chi connectivity index (χ4v) is 3.79. The number of hydrogen-bond acceptors (Lipinski definition) is 6. The molecule has 1 atom stereocenters. The van der Waals surface area contributed by atoms with Crippen LogP contribution in [0.25, 0.3) is 32.9 Å². The van der Waals surface area contributed by atoms with E-state index in [9.17, 15) is 0 Å². The van der Waals surface area contributed by atoms with E-state index in [1.54, 1.807) is 0 Å². The molecular weight excluding hydrogens is 321 g/mol. The van der Waals surface area contributed by atoms with E-state index in [2.05, 4.69) is 34.9 Å². The monoisotopic (exact) mass is 339 g/mol. The zero-order chi connectivity index (χ0) is 17.0. The maximum absolute atomic E-state index is 6.19. The van der Waals surface area contributed by atoms with Crippen molar-refractivity contribution in [3.05, 3.63) is 24.0 Å². The Bertz CT molecular complexity index is 1080. The van der Waals surface area contributed by atoms with E-state index in [0.717, 1.165) is 32.9 Å². The van der Waals surface area contributed by atoms with E-state index in [1.165, 1.54) is 0 Å². The Kier molecular flexibility index (Phi) is 3.21. The lowest BCUT2D eigenvalue weighted by Crippen LogP contribution is -2.05. The number of aryl methyl sites for hydroxylation is 1. The minimum Gasteiger partial charge on any atom is -0.383 e. The molecule has 0 aliphatic carbocycles. The third kappa shape index (κ3) is 2.20. The third-order valence-electron chi connectivity index (χ3n) is 3.96. The van der Waals surface area contributed by atoms with E-state index >= 15 is 0 Å². The molecule has 1 aromatic carbocycles. The number of aromatic nitrogens is 5. The summed E-state index contributed by atoms with van der Waals surface area (Å²) < 4.78 is 1.89. The molecule has 0 amide bonds. The van der Waals surface area contributed by atoms with Gasteiger partial charge in [0.25, 0.3) is 0 Å². The molecule has 0 saturated heterocycles. The lowest BCUT2D eigenvalue weighted by Gasteiger charge is -2.06. The molecule has 0 spiro atoms. The van der Waals surface area contributed by atoms with Gasteiger partial charge in [-0.2, -0.15) is 5.10 Å². The summed E-state index contributed by atoms with van der Waals surface area (Å²) in [4.78, 5) is 13.3. The average Bonchev–Trinajstić information content (AvgIpc) is 3.05. The molecule has 7 nitrogen and oxygen atoms in total. The largest absolute Gasteiger partial charge is 0.383 e. The second-order valence-electron chi connectivity index (χ2n) is 6.10. The molecule has 0 fully saturated rings. The number of rotatable bonds is 2. The van der Waals surface area contributed by atoms with E-state index < -0.39 is 0 Å². The summed E-state index contributed by atoms with van der Waals surface area (Å²) >= 11 is 0. The van der Waals surface area contributed by atoms with Crippen molar-refractivity contribution in [2.24, 2.45) is 0 Å². The second kappa shape index (κ2) is 5.18. The molecule has 122 valence electrons. The van der Waals surface area contributed by atoms with Crippen molar-refractivity contribution in [2.75, 3.05) is 11.5 Å². The highest BCUT2D eigenvalue weighted by Crippen LogP contribution is 2.36. The Morgan fingerprint density at radius 3 is 2.67 bits per heavy atom. The number of benzene rings is 1. The fraction of sp³-hybridized carbons (Fsp3) is 0.250. The van der Waals surface area contributed by atoms with E-state index in [4.69, 9.17) is 16.6 Å². The lowest BCUT2D eigenvalue weighted by molar-refractivity contribution is 0.547. The molecule has 3 aromatic heterocycles. The minimum atomic E-state index is 0.166. The first-order valence-corrected chi connectivity index (χ1v) is 8.72. The molecule has 4 N–H and O–H groups in total. The first-order chi connectivity index (χ1) is 11.4. The van der Waals surface area contributed by atoms with Crippen molar-refractivity contribution in [1.29, 1.82) is 0 Å². The van der Waals surface area contributed by atoms with Gasteiger partial charge in [-0.05, 0) is 32.9 Å². The highest BCUT2D eigenvalue weighted by atomic mass is 31.0. The number of hydrogen-bond donors (Lipinski definition) is 2. The topological polar surface area (TPSA) is 109 Å². The van der Waals surface area contributed by atoms with Gasteiger partial charge in [0.2, 0.25) is 0 Å². The molecule has 1 unspecified atom stereocenters. The summed E-state index contributed by atoms with van der Waals surface area (Å²) in [6.45, 7) is 5.97. The summed E-state index contributed by atoms with van der Waals surface area (Å²) in [5, 5.41) is 6.70. The number of nitrogen functional groups attached to an aromatic ring is 2. The molecule has 4 rings (SSSR count). The van der Waals surface area contributed by atoms with Crippen molar-refractivity contribution in [3.8, 4) is 11.3 Å². The molecule has 0 radical (unpaired) electrons. The maximum Gasteiger partial charge on any atom is 0.164 e. The Labute approximate surface area is 140 Å². The van der Waals surface area contributed by atoms with Gasteiger partial charge in [0.1, 0.15) is 22.9 Å². The van der Waals surface area contributed by atoms with Crippen LogP contribution < -0.4 is 11.5 Å². The van der Waals surface area contributed by atoms with Gasteiger partial charge in [-0.3, -0.25) is 0 Å². The molecule has 0 bridgehead atoms. The average molecular weight is 339 g/mol. The summed E-state index contributed by atoms with van der Waals surface area (Å²) in [6.07, 6.45) is 0. The van der Waals surface area contributed by atoms with Crippen LogP contribution in [-0.2, 0) is 0 Å². The normalized spacial score (nSPS) is 12.2. The molecule has 8 heteroatoms. The molecule has 4 aromatic rings. The number of nitrogens with zero attached hydrogens (tertiary/aromatic N) is 5. The van der Waals surface area contributed by atoms with Crippen LogP contribution in [0, 0.1) is 6.92 Å². The predicted molar refractivity (Wildman–Crippen MR) is 99.5 cm³/mol. The first-order valence-electron chi connectivity index (χ1n) is 7.72. The zero-order valence-corrected chi connectivity index (χ0v) is 14.7. The smallest absolute Gasteiger partial charge is 0.164 e. The number of anilines is 2. The highest BCUT2D eigenvalue weighted by molar-refractivity contribution is 7.40. The van der Waals surface area contributed by atoms with Crippen LogP contribution in [0.1, 0.15) is 25.7 Å². The lowest BCUT2D eigenvalue weighted by atomic mass is 10.1. The Morgan fingerprint density at radius 1 is 1.12 bits per heavy atom. The fourth-order valence-electron chi connectivity index (χ4n) is 2.91. The SMILES string of the molecule is Cc1nc(N)c2c(-c3ccc4[pH]c(N)nc4c3)nn(C(C)C)c2n1. The summed E-state index contributed by atoms with van der Waals surface area (Å²) in [5.74, 6) is 1.09. The van der Waals surface area contributed by atoms with Crippen molar-refractivity contribution < 1.29 is 0 Å². The van der Waals surface area contributed by atoms with Gasteiger partial charge < -0.3 is 11.5 Å². The van der Waals surface area contributed by atoms with Crippen LogP contribution in [0.4, 0.5) is 11.4 Å². The van der Waals surface area contributed by atoms with E-state index in [-0.39, 0.29) is 6.04 Å². The molecule has 24 heavy (non-hydrogen) atoms. The molecule has 3 heterocycles. The van der Waals surface area contributed by atoms with Gasteiger partial charge in [0.15, 0.2) is 5.65 Å². The predicted octanol–water partition coefficient (Wildman–Crippen LogP) is 3.13. The van der Waals surface area contributed by atoms with Crippen LogP contribution >= 0.6 is 8.19 Å². The van der Waals surface area contributed by atoms with Gasteiger partial charge in [0, 0.05) is 16.7 Å². The van der Waals surface area contributed by atoms with Crippen LogP contribution in [0.5, 0.6) is 0 Å². The standard InChI is InChI=1S/C16H18N7P/c1-7(2)23-15-12(14(17)19-8(3)20-15)13(22-23)9-4-5-11-10(6-9)21-16(18)24-11/h4-7,24H,1-3H3,(H2,18,21)(H2,17,19,20). The molecular formula is C16H18N7P. The van der Waals surface area contributed by atoms with Crippen molar-refractivity contribution in [1.82, 2.24) is 24.7 Å². The Hall–Kier alpha value is -2.66. The molecule has 0 aliphatic rings. The van der Waals surface area contributed by atoms with Crippen LogP contribution in [0.2, 0.25) is 0 Å². The van der Waals surface area contributed by atoms with Crippen molar-refractivity contribution in [2.45, 2.75) is 26.8 Å². The summed E-state index contributed by atoms with van der Waals surface area (Å²) in [5.41, 5.74) is 16.1. The number of fused-ring (bicyclic) bond motifs is 2. The van der Waals surface area contributed by atoms with Gasteiger partial charge in [0.05, 0.1) is 10.9 Å². The molecule has 0 saturated carbocycles. The van der Waals surface area contributed by atoms with Crippen molar-refractivity contribution in [3.63, 3.8) is 0 Å². The number of nitrogens with two attached hydrogens (primary N) is 2. The first kappa shape index (κ1) is 14.9. The summed E-state index contributed by atoms with van der Waals surface area (Å²) in [7, 11) is 0.439. The Balaban J connectivity index is 2.04. The highest BCUT2D eigenvalue weighted by Gasteiger charge is 2.19. The zero-order valence-electron chi connectivity index (χ0n) is 13.7. The van der Waals surface area contributed by atoms with E-state index in [1.807, 2.05) is 23.7 Å². The van der Waals surface area contributed by atoms with Gasteiger partial charge in [-0.15, -0.1) is 0 Å². The van der Waals surface area contributed by atoms with Crippen molar-refractivity contribution >= 4 is 41.2 Å². The second-order valence-corrected chi connectivity index (χ2v) is 7.40. The van der Waals surface area contributed by atoms with Gasteiger partial charge in [-0.25, -0.2) is 19.6 Å². The van der Waals surface area contributed by atoms with Gasteiger partial charge >= 0.3 is 0 Å². The maximum atomic E-state index is 6.19. The van der Waals surface area contributed by atoms with Crippen LogP contribution in [0.3, 0.4) is 0 Å². The van der Waals surface area contributed by atoms with Gasteiger partial charge in [-0.1, -0.05) is 14.3 Å². The van der Waals surface area contributed by atoms with Crippen LogP contribution in [-0.4, -0.2) is 24.7 Å². The van der Waals surface area contributed by atoms with Crippen LogP contribution in [0.15, 0.2) is 18.2 Å². The van der Waals surface area contributed by atoms with E-state index in [0.29, 0.717) is 25.4 Å². The minimum absolute atomic E-state index is 0.166. The quantitative estimate of drug-likeness (QED) is 0.581.